The van der Waals surface area contributed by atoms with Crippen LogP contribution in [-0.4, -0.2) is 26.8 Å². The molecule has 0 amide bonds. The summed E-state index contributed by atoms with van der Waals surface area (Å²) in [6, 6.07) is 7.44. The zero-order valence-electron chi connectivity index (χ0n) is 8.38. The monoisotopic (exact) mass is 204 g/mol. The molecule has 0 aliphatic heterocycles. The van der Waals surface area contributed by atoms with Gasteiger partial charge in [-0.2, -0.15) is 0 Å². The Morgan fingerprint density at radius 2 is 1.80 bits per heavy atom. The molecule has 15 heavy (non-hydrogen) atoms. The lowest BCUT2D eigenvalue weighted by Crippen LogP contribution is -2.08. The number of fused-ring (bicyclic) bond motifs is 1. The highest BCUT2D eigenvalue weighted by Gasteiger charge is 2.12. The number of benzene rings is 1. The predicted octanol–water partition coefficient (Wildman–Crippen LogP) is 0.964. The SMILES string of the molecule is Cc1nc2ccccc2nc1C(O)CO. The number of aryl methyl sites for hydroxylation is 1. The molecule has 0 aliphatic rings. The van der Waals surface area contributed by atoms with Crippen molar-refractivity contribution in [2.75, 3.05) is 6.61 Å². The minimum atomic E-state index is -0.956. The van der Waals surface area contributed by atoms with Crippen molar-refractivity contribution in [3.05, 3.63) is 35.7 Å². The third-order valence-corrected chi connectivity index (χ3v) is 2.27. The second-order valence-electron chi connectivity index (χ2n) is 3.38. The van der Waals surface area contributed by atoms with E-state index in [1.165, 1.54) is 0 Å². The molecule has 0 aliphatic carbocycles. The third kappa shape index (κ3) is 1.82. The lowest BCUT2D eigenvalue weighted by molar-refractivity contribution is 0.0916. The van der Waals surface area contributed by atoms with Crippen LogP contribution >= 0.6 is 0 Å². The number of para-hydroxylation sites is 2. The molecule has 2 aromatic rings. The van der Waals surface area contributed by atoms with E-state index in [-0.39, 0.29) is 6.61 Å². The molecular formula is C11H12N2O2. The first-order valence-corrected chi connectivity index (χ1v) is 4.74. The number of hydrogen-bond acceptors (Lipinski definition) is 4. The minimum absolute atomic E-state index is 0.339. The molecule has 0 saturated heterocycles. The summed E-state index contributed by atoms with van der Waals surface area (Å²) >= 11 is 0. The van der Waals surface area contributed by atoms with Gasteiger partial charge in [0.25, 0.3) is 0 Å². The Hall–Kier alpha value is -1.52. The van der Waals surface area contributed by atoms with Crippen molar-refractivity contribution in [1.29, 1.82) is 0 Å². The van der Waals surface area contributed by atoms with E-state index in [1.807, 2.05) is 24.3 Å². The van der Waals surface area contributed by atoms with E-state index in [1.54, 1.807) is 6.92 Å². The smallest absolute Gasteiger partial charge is 0.121 e. The van der Waals surface area contributed by atoms with E-state index in [9.17, 15) is 5.11 Å². The Kier molecular flexibility index (Phi) is 2.62. The van der Waals surface area contributed by atoms with Gasteiger partial charge in [0, 0.05) is 0 Å². The first kappa shape index (κ1) is 10.0. The fourth-order valence-electron chi connectivity index (χ4n) is 1.50. The lowest BCUT2D eigenvalue weighted by atomic mass is 10.2. The molecule has 1 heterocycles. The zero-order chi connectivity index (χ0) is 10.8. The lowest BCUT2D eigenvalue weighted by Gasteiger charge is -2.10. The van der Waals surface area contributed by atoms with Crippen molar-refractivity contribution in [3.8, 4) is 0 Å². The van der Waals surface area contributed by atoms with Crippen LogP contribution in [0.5, 0.6) is 0 Å². The maximum absolute atomic E-state index is 9.52. The number of rotatable bonds is 2. The van der Waals surface area contributed by atoms with Gasteiger partial charge in [-0.25, -0.2) is 9.97 Å². The topological polar surface area (TPSA) is 66.2 Å². The van der Waals surface area contributed by atoms with Crippen LogP contribution in [0.4, 0.5) is 0 Å². The van der Waals surface area contributed by atoms with Crippen LogP contribution in [0.15, 0.2) is 24.3 Å². The average molecular weight is 204 g/mol. The highest BCUT2D eigenvalue weighted by atomic mass is 16.3. The summed E-state index contributed by atoms with van der Waals surface area (Å²) in [4.78, 5) is 8.58. The molecular weight excluding hydrogens is 192 g/mol. The standard InChI is InChI=1S/C11H12N2O2/c1-7-11(10(15)6-14)13-9-5-3-2-4-8(9)12-7/h2-5,10,14-15H,6H2,1H3. The van der Waals surface area contributed by atoms with Gasteiger partial charge in [-0.1, -0.05) is 12.1 Å². The van der Waals surface area contributed by atoms with Crippen molar-refractivity contribution in [2.24, 2.45) is 0 Å². The quantitative estimate of drug-likeness (QED) is 0.764. The summed E-state index contributed by atoms with van der Waals surface area (Å²) < 4.78 is 0. The molecule has 0 spiro atoms. The van der Waals surface area contributed by atoms with Gasteiger partial charge in [-0.05, 0) is 19.1 Å². The summed E-state index contributed by atoms with van der Waals surface area (Å²) in [6.45, 7) is 1.43. The largest absolute Gasteiger partial charge is 0.393 e. The molecule has 0 fully saturated rings. The Bertz CT molecular complexity index is 485. The molecule has 1 aromatic heterocycles. The van der Waals surface area contributed by atoms with Gasteiger partial charge >= 0.3 is 0 Å². The molecule has 1 unspecified atom stereocenters. The van der Waals surface area contributed by atoms with E-state index in [4.69, 9.17) is 5.11 Å². The van der Waals surface area contributed by atoms with Crippen molar-refractivity contribution in [1.82, 2.24) is 9.97 Å². The summed E-state index contributed by atoms with van der Waals surface area (Å²) in [5.41, 5.74) is 2.61. The van der Waals surface area contributed by atoms with Crippen LogP contribution < -0.4 is 0 Å². The number of aliphatic hydroxyl groups excluding tert-OH is 2. The Labute approximate surface area is 87.2 Å². The van der Waals surface area contributed by atoms with Crippen molar-refractivity contribution >= 4 is 11.0 Å². The van der Waals surface area contributed by atoms with Gasteiger partial charge in [0.1, 0.15) is 6.10 Å². The molecule has 4 heteroatoms. The van der Waals surface area contributed by atoms with E-state index in [2.05, 4.69) is 9.97 Å². The normalized spacial score (nSPS) is 13.0. The van der Waals surface area contributed by atoms with Crippen molar-refractivity contribution in [3.63, 3.8) is 0 Å². The summed E-state index contributed by atoms with van der Waals surface area (Å²) in [5, 5.41) is 18.4. The molecule has 4 nitrogen and oxygen atoms in total. The first-order valence-electron chi connectivity index (χ1n) is 4.74. The van der Waals surface area contributed by atoms with E-state index in [0.29, 0.717) is 11.4 Å². The molecule has 1 aromatic carbocycles. The van der Waals surface area contributed by atoms with Crippen LogP contribution in [-0.2, 0) is 0 Å². The van der Waals surface area contributed by atoms with Crippen LogP contribution in [0.1, 0.15) is 17.5 Å². The number of aromatic nitrogens is 2. The number of aliphatic hydroxyl groups is 2. The Morgan fingerprint density at radius 1 is 1.20 bits per heavy atom. The molecule has 0 saturated carbocycles. The first-order chi connectivity index (χ1) is 7.22. The van der Waals surface area contributed by atoms with Gasteiger partial charge in [-0.15, -0.1) is 0 Å². The molecule has 0 bridgehead atoms. The van der Waals surface area contributed by atoms with Gasteiger partial charge in [0.2, 0.25) is 0 Å². The highest BCUT2D eigenvalue weighted by Crippen LogP contribution is 2.17. The van der Waals surface area contributed by atoms with Crippen LogP contribution in [0.3, 0.4) is 0 Å². The fourth-order valence-corrected chi connectivity index (χ4v) is 1.50. The molecule has 0 radical (unpaired) electrons. The number of hydrogen-bond donors (Lipinski definition) is 2. The van der Waals surface area contributed by atoms with Crippen LogP contribution in [0, 0.1) is 6.92 Å². The fraction of sp³-hybridized carbons (Fsp3) is 0.273. The van der Waals surface area contributed by atoms with Gasteiger partial charge in [0.15, 0.2) is 0 Å². The van der Waals surface area contributed by atoms with E-state index >= 15 is 0 Å². The summed E-state index contributed by atoms with van der Waals surface area (Å²) in [6.07, 6.45) is -0.956. The minimum Gasteiger partial charge on any atom is -0.393 e. The second-order valence-corrected chi connectivity index (χ2v) is 3.38. The number of nitrogens with zero attached hydrogens (tertiary/aromatic N) is 2. The maximum atomic E-state index is 9.52. The summed E-state index contributed by atoms with van der Waals surface area (Å²) in [5.74, 6) is 0. The van der Waals surface area contributed by atoms with Crippen LogP contribution in [0.2, 0.25) is 0 Å². The Balaban J connectivity index is 2.61. The van der Waals surface area contributed by atoms with Gasteiger partial charge in [-0.3, -0.25) is 0 Å². The van der Waals surface area contributed by atoms with Gasteiger partial charge < -0.3 is 10.2 Å². The highest BCUT2D eigenvalue weighted by molar-refractivity contribution is 5.74. The molecule has 1 atom stereocenters. The zero-order valence-corrected chi connectivity index (χ0v) is 8.38. The molecule has 78 valence electrons. The average Bonchev–Trinajstić information content (AvgIpc) is 2.27. The maximum Gasteiger partial charge on any atom is 0.121 e. The van der Waals surface area contributed by atoms with Gasteiger partial charge in [0.05, 0.1) is 29.0 Å². The molecule has 2 rings (SSSR count). The van der Waals surface area contributed by atoms with Crippen LogP contribution in [0.25, 0.3) is 11.0 Å². The van der Waals surface area contributed by atoms with Crippen molar-refractivity contribution < 1.29 is 10.2 Å². The van der Waals surface area contributed by atoms with Crippen molar-refractivity contribution in [2.45, 2.75) is 13.0 Å². The molecule has 2 N–H and O–H groups in total. The van der Waals surface area contributed by atoms with E-state index < -0.39 is 6.10 Å². The summed E-state index contributed by atoms with van der Waals surface area (Å²) in [7, 11) is 0. The predicted molar refractivity (Wildman–Crippen MR) is 56.3 cm³/mol. The Morgan fingerprint density at radius 3 is 2.40 bits per heavy atom. The second kappa shape index (κ2) is 3.92. The van der Waals surface area contributed by atoms with E-state index in [0.717, 1.165) is 11.0 Å². The third-order valence-electron chi connectivity index (χ3n) is 2.27.